The molecule has 1 aliphatic heterocycles. The average molecular weight is 611 g/mol. The Bertz CT molecular complexity index is 1330. The zero-order chi connectivity index (χ0) is 32.2. The van der Waals surface area contributed by atoms with Crippen LogP contribution >= 0.6 is 0 Å². The van der Waals surface area contributed by atoms with Crippen LogP contribution in [0, 0.1) is 0 Å². The first-order valence-corrected chi connectivity index (χ1v) is 14.2. The van der Waals surface area contributed by atoms with Crippen molar-refractivity contribution in [3.8, 4) is 0 Å². The number of amides is 5. The third-order valence-electron chi connectivity index (χ3n) is 7.20. The van der Waals surface area contributed by atoms with E-state index in [-0.39, 0.29) is 19.4 Å². The molecule has 1 saturated heterocycles. The number of nitrogens with one attached hydrogen (secondary N) is 3. The van der Waals surface area contributed by atoms with E-state index in [2.05, 4.69) is 16.0 Å². The fourth-order valence-corrected chi connectivity index (χ4v) is 4.93. The van der Waals surface area contributed by atoms with Crippen LogP contribution in [0.1, 0.15) is 30.4 Å². The van der Waals surface area contributed by atoms with Crippen LogP contribution in [0.4, 0.5) is 0 Å². The van der Waals surface area contributed by atoms with Gasteiger partial charge in [-0.15, -0.1) is 0 Å². The van der Waals surface area contributed by atoms with Crippen molar-refractivity contribution in [1.82, 2.24) is 20.9 Å². The van der Waals surface area contributed by atoms with E-state index in [1.807, 2.05) is 0 Å². The maximum Gasteiger partial charge on any atom is 0.326 e. The van der Waals surface area contributed by atoms with Gasteiger partial charge in [0.25, 0.3) is 0 Å². The molecule has 1 heterocycles. The smallest absolute Gasteiger partial charge is 0.326 e. The van der Waals surface area contributed by atoms with Crippen LogP contribution in [0.5, 0.6) is 0 Å². The van der Waals surface area contributed by atoms with Crippen molar-refractivity contribution in [2.75, 3.05) is 13.2 Å². The van der Waals surface area contributed by atoms with E-state index in [9.17, 15) is 39.0 Å². The van der Waals surface area contributed by atoms with Crippen LogP contribution in [0.15, 0.2) is 60.7 Å². The number of hydrogen-bond donors (Lipinski definition) is 7. The molecule has 3 rings (SSSR count). The number of benzene rings is 2. The first-order chi connectivity index (χ1) is 21.0. The van der Waals surface area contributed by atoms with Crippen LogP contribution in [-0.2, 0) is 41.6 Å². The van der Waals surface area contributed by atoms with Gasteiger partial charge in [-0.1, -0.05) is 60.7 Å². The maximum absolute atomic E-state index is 13.6. The number of carbonyl (C=O) groups excluding carboxylic acids is 5. The summed E-state index contributed by atoms with van der Waals surface area (Å²) in [6.45, 7) is -0.352. The van der Waals surface area contributed by atoms with Crippen LogP contribution in [-0.4, -0.2) is 94.0 Å². The molecule has 0 aromatic heterocycles. The summed E-state index contributed by atoms with van der Waals surface area (Å²) in [5, 5.41) is 26.5. The molecular weight excluding hydrogens is 572 g/mol. The Morgan fingerprint density at radius 3 is 1.86 bits per heavy atom. The number of nitrogens with zero attached hydrogens (tertiary/aromatic N) is 1. The minimum atomic E-state index is -1.54. The highest BCUT2D eigenvalue weighted by Crippen LogP contribution is 2.19. The highest BCUT2D eigenvalue weighted by molar-refractivity contribution is 5.97. The van der Waals surface area contributed by atoms with Gasteiger partial charge in [-0.2, -0.15) is 0 Å². The van der Waals surface area contributed by atoms with Crippen molar-refractivity contribution in [3.63, 3.8) is 0 Å². The number of aliphatic carboxylic acids is 1. The lowest BCUT2D eigenvalue weighted by atomic mass is 10.0. The number of aliphatic hydroxyl groups is 1. The highest BCUT2D eigenvalue weighted by atomic mass is 16.4. The number of aliphatic hydroxyl groups excluding tert-OH is 1. The molecule has 236 valence electrons. The number of carbonyl (C=O) groups is 6. The second-order valence-corrected chi connectivity index (χ2v) is 10.6. The molecule has 1 fully saturated rings. The largest absolute Gasteiger partial charge is 0.480 e. The van der Waals surface area contributed by atoms with Crippen molar-refractivity contribution >= 4 is 35.5 Å². The number of nitrogens with two attached hydrogens (primary N) is 2. The van der Waals surface area contributed by atoms with Gasteiger partial charge >= 0.3 is 5.97 Å². The first-order valence-electron chi connectivity index (χ1n) is 14.2. The van der Waals surface area contributed by atoms with Gasteiger partial charge in [-0.25, -0.2) is 4.79 Å². The second-order valence-electron chi connectivity index (χ2n) is 10.6. The van der Waals surface area contributed by atoms with E-state index in [0.29, 0.717) is 24.0 Å². The van der Waals surface area contributed by atoms with Gasteiger partial charge in [0.2, 0.25) is 29.5 Å². The van der Waals surface area contributed by atoms with E-state index in [1.54, 1.807) is 60.7 Å². The lowest BCUT2D eigenvalue weighted by Gasteiger charge is -2.28. The lowest BCUT2D eigenvalue weighted by molar-refractivity contribution is -0.142. The van der Waals surface area contributed by atoms with Crippen molar-refractivity contribution in [1.29, 1.82) is 0 Å². The molecule has 1 aliphatic rings. The SMILES string of the molecule is NC(=O)C[C@H](NC(=O)[C@H](Cc1ccccc1)NC(=O)[C@@H]1CCCN1C(=O)[C@@H](N)CO)C(=O)N[C@@H](Cc1ccccc1)C(=O)O. The summed E-state index contributed by atoms with van der Waals surface area (Å²) < 4.78 is 0. The van der Waals surface area contributed by atoms with Gasteiger partial charge < -0.3 is 42.5 Å². The third-order valence-corrected chi connectivity index (χ3v) is 7.20. The fourth-order valence-electron chi connectivity index (χ4n) is 4.93. The number of likely N-dealkylation sites (tertiary alicyclic amines) is 1. The van der Waals surface area contributed by atoms with Crippen LogP contribution in [0.2, 0.25) is 0 Å². The average Bonchev–Trinajstić information content (AvgIpc) is 3.50. The molecule has 0 bridgehead atoms. The first kappa shape index (κ1) is 33.7. The zero-order valence-corrected chi connectivity index (χ0v) is 24.1. The maximum atomic E-state index is 13.6. The molecule has 2 aromatic carbocycles. The Balaban J connectivity index is 1.79. The van der Waals surface area contributed by atoms with Gasteiger partial charge in [-0.05, 0) is 24.0 Å². The fraction of sp³-hybridized carbons (Fsp3) is 0.400. The number of carboxylic acid groups (broad SMARTS) is 1. The van der Waals surface area contributed by atoms with Gasteiger partial charge in [0.15, 0.2) is 0 Å². The minimum absolute atomic E-state index is 0.00803. The van der Waals surface area contributed by atoms with E-state index in [4.69, 9.17) is 11.5 Å². The predicted molar refractivity (Wildman–Crippen MR) is 157 cm³/mol. The van der Waals surface area contributed by atoms with Crippen molar-refractivity contribution in [3.05, 3.63) is 71.8 Å². The summed E-state index contributed by atoms with van der Waals surface area (Å²) in [4.78, 5) is 77.7. The molecule has 0 radical (unpaired) electrons. The molecule has 44 heavy (non-hydrogen) atoms. The van der Waals surface area contributed by atoms with E-state index in [0.717, 1.165) is 0 Å². The van der Waals surface area contributed by atoms with Crippen LogP contribution in [0.25, 0.3) is 0 Å². The van der Waals surface area contributed by atoms with Gasteiger partial charge in [0, 0.05) is 19.4 Å². The van der Waals surface area contributed by atoms with E-state index >= 15 is 0 Å². The number of hydrogen-bond acceptors (Lipinski definition) is 8. The van der Waals surface area contributed by atoms with E-state index in [1.165, 1.54) is 4.90 Å². The van der Waals surface area contributed by atoms with Crippen LogP contribution in [0.3, 0.4) is 0 Å². The summed E-state index contributed by atoms with van der Waals surface area (Å²) in [5.41, 5.74) is 12.3. The molecule has 0 unspecified atom stereocenters. The Hall–Kier alpha value is -4.82. The zero-order valence-electron chi connectivity index (χ0n) is 24.1. The number of carboxylic acids is 1. The Morgan fingerprint density at radius 1 is 0.818 bits per heavy atom. The van der Waals surface area contributed by atoms with Gasteiger partial charge in [-0.3, -0.25) is 24.0 Å². The van der Waals surface area contributed by atoms with Gasteiger partial charge in [0.1, 0.15) is 30.2 Å². The summed E-state index contributed by atoms with van der Waals surface area (Å²) in [6, 6.07) is 11.0. The summed E-state index contributed by atoms with van der Waals surface area (Å²) in [7, 11) is 0. The topological polar surface area (TPSA) is 234 Å². The van der Waals surface area contributed by atoms with Crippen molar-refractivity contribution in [2.45, 2.75) is 62.3 Å². The molecular formula is C30H38N6O8. The standard InChI is InChI=1S/C30H38N6O8/c31-20(17-37)29(42)36-13-7-12-24(36)28(41)34-21(14-18-8-3-1-4-9-18)26(39)33-22(16-25(32)38)27(40)35-23(30(43)44)15-19-10-5-2-6-11-19/h1-6,8-11,20-24,37H,7,12-17,31H2,(H2,32,38)(H,33,39)(H,34,41)(H,35,40)(H,43,44)/t20-,21-,22-,23-,24-/m0/s1. The Kier molecular flexibility index (Phi) is 12.4. The molecule has 14 heteroatoms. The summed E-state index contributed by atoms with van der Waals surface area (Å²) in [6.07, 6.45) is 0.117. The molecule has 0 saturated carbocycles. The highest BCUT2D eigenvalue weighted by Gasteiger charge is 2.38. The lowest BCUT2D eigenvalue weighted by Crippen LogP contribution is -2.59. The normalized spacial score (nSPS) is 17.0. The molecule has 0 spiro atoms. The van der Waals surface area contributed by atoms with Gasteiger partial charge in [0.05, 0.1) is 13.0 Å². The number of primary amides is 1. The molecule has 5 amide bonds. The summed E-state index contributed by atoms with van der Waals surface area (Å²) >= 11 is 0. The predicted octanol–water partition coefficient (Wildman–Crippen LogP) is -1.80. The van der Waals surface area contributed by atoms with Crippen molar-refractivity contribution in [2.24, 2.45) is 11.5 Å². The molecule has 2 aromatic rings. The monoisotopic (exact) mass is 610 g/mol. The molecule has 0 aliphatic carbocycles. The molecule has 14 nitrogen and oxygen atoms in total. The second kappa shape index (κ2) is 16.1. The Morgan fingerprint density at radius 2 is 1.34 bits per heavy atom. The summed E-state index contributed by atoms with van der Waals surface area (Å²) in [5.74, 6) is -5.27. The number of rotatable bonds is 15. The third kappa shape index (κ3) is 9.61. The minimum Gasteiger partial charge on any atom is -0.480 e. The quantitative estimate of drug-likeness (QED) is 0.120. The Labute approximate surface area is 254 Å². The van der Waals surface area contributed by atoms with E-state index < -0.39 is 78.7 Å². The van der Waals surface area contributed by atoms with Crippen LogP contribution < -0.4 is 27.4 Å². The van der Waals surface area contributed by atoms with Crippen molar-refractivity contribution < 1.29 is 39.0 Å². The molecule has 9 N–H and O–H groups in total. The molecule has 5 atom stereocenters.